The number of ether oxygens (including phenoxy) is 1. The van der Waals surface area contributed by atoms with Crippen LogP contribution in [-0.4, -0.2) is 59.0 Å². The molecule has 8 nitrogen and oxygen atoms in total. The largest absolute Gasteiger partial charge is 0.467 e. The Morgan fingerprint density at radius 3 is 2.35 bits per heavy atom. The summed E-state index contributed by atoms with van der Waals surface area (Å²) < 4.78 is 11.5. The lowest BCUT2D eigenvalue weighted by molar-refractivity contribution is -0.150. The van der Waals surface area contributed by atoms with Crippen LogP contribution >= 0.6 is 0 Å². The average Bonchev–Trinajstić information content (AvgIpc) is 3.45. The Bertz CT molecular complexity index is 1030. The number of carbonyl (C=O) groups is 3. The number of hydrogen-bond donors (Lipinski definition) is 1. The zero-order valence-electron chi connectivity index (χ0n) is 20.3. The molecule has 2 aliphatic heterocycles. The second-order valence-corrected chi connectivity index (χ2v) is 10.2. The van der Waals surface area contributed by atoms with E-state index in [9.17, 15) is 14.4 Å². The summed E-state index contributed by atoms with van der Waals surface area (Å²) in [5.41, 5.74) is 0.147. The molecule has 34 heavy (non-hydrogen) atoms. The lowest BCUT2D eigenvalue weighted by atomic mass is 9.91. The zero-order chi connectivity index (χ0) is 24.5. The van der Waals surface area contributed by atoms with Crippen LogP contribution in [-0.2, 0) is 20.9 Å². The SMILES string of the molecule is Cc1ccc(C(=O)N2[C@@H](C(=O)NCc3ccco3)COC23CCN(C(=O)C(C)(C)C)CC3)cc1. The fraction of sp³-hybridized carbons (Fsp3) is 0.500. The number of benzene rings is 1. The third-order valence-electron chi connectivity index (χ3n) is 6.57. The van der Waals surface area contributed by atoms with Crippen molar-refractivity contribution in [3.63, 3.8) is 0 Å². The molecule has 1 aromatic heterocycles. The molecule has 3 amide bonds. The van der Waals surface area contributed by atoms with Gasteiger partial charge in [0.25, 0.3) is 5.91 Å². The van der Waals surface area contributed by atoms with Gasteiger partial charge in [0.05, 0.1) is 19.4 Å². The van der Waals surface area contributed by atoms with E-state index >= 15 is 0 Å². The van der Waals surface area contributed by atoms with E-state index in [4.69, 9.17) is 9.15 Å². The number of amides is 3. The predicted molar refractivity (Wildman–Crippen MR) is 126 cm³/mol. The standard InChI is InChI=1S/C26H33N3O5/c1-18-7-9-19(10-8-18)23(31)29-21(22(30)27-16-20-6-5-15-33-20)17-34-26(29)11-13-28(14-12-26)24(32)25(2,3)4/h5-10,15,21H,11-14,16-17H2,1-4H3,(H,27,30)/t21-/m1/s1. The Morgan fingerprint density at radius 1 is 1.09 bits per heavy atom. The smallest absolute Gasteiger partial charge is 0.256 e. The van der Waals surface area contributed by atoms with Gasteiger partial charge in [0.2, 0.25) is 11.8 Å². The van der Waals surface area contributed by atoms with E-state index in [2.05, 4.69) is 5.32 Å². The fourth-order valence-electron chi connectivity index (χ4n) is 4.64. The highest BCUT2D eigenvalue weighted by Crippen LogP contribution is 2.39. The van der Waals surface area contributed by atoms with Gasteiger partial charge in [0.15, 0.2) is 0 Å². The van der Waals surface area contributed by atoms with Crippen LogP contribution in [0.4, 0.5) is 0 Å². The Balaban J connectivity index is 1.57. The van der Waals surface area contributed by atoms with E-state index in [0.717, 1.165) is 5.56 Å². The molecule has 182 valence electrons. The van der Waals surface area contributed by atoms with Crippen molar-refractivity contribution < 1.29 is 23.5 Å². The molecule has 2 fully saturated rings. The summed E-state index contributed by atoms with van der Waals surface area (Å²) in [6.45, 7) is 8.93. The summed E-state index contributed by atoms with van der Waals surface area (Å²) in [4.78, 5) is 43.1. The van der Waals surface area contributed by atoms with Crippen molar-refractivity contribution in [2.75, 3.05) is 19.7 Å². The number of nitrogens with zero attached hydrogens (tertiary/aromatic N) is 2. The molecule has 2 aromatic rings. The van der Waals surface area contributed by atoms with Crippen LogP contribution in [0, 0.1) is 12.3 Å². The van der Waals surface area contributed by atoms with Crippen molar-refractivity contribution in [1.82, 2.24) is 15.1 Å². The molecular weight excluding hydrogens is 434 g/mol. The third kappa shape index (κ3) is 4.73. The molecule has 1 aromatic carbocycles. The minimum Gasteiger partial charge on any atom is -0.467 e. The number of aryl methyl sites for hydroxylation is 1. The summed E-state index contributed by atoms with van der Waals surface area (Å²) in [6.07, 6.45) is 2.46. The molecule has 2 aliphatic rings. The number of rotatable bonds is 4. The first-order chi connectivity index (χ1) is 16.1. The summed E-state index contributed by atoms with van der Waals surface area (Å²) >= 11 is 0. The monoisotopic (exact) mass is 467 g/mol. The molecule has 0 bridgehead atoms. The summed E-state index contributed by atoms with van der Waals surface area (Å²) in [7, 11) is 0. The second-order valence-electron chi connectivity index (χ2n) is 10.2. The first kappa shape index (κ1) is 24.0. The number of furan rings is 1. The molecule has 1 spiro atoms. The number of carbonyl (C=O) groups excluding carboxylic acids is 3. The van der Waals surface area contributed by atoms with E-state index in [1.165, 1.54) is 0 Å². The third-order valence-corrected chi connectivity index (χ3v) is 6.57. The first-order valence-corrected chi connectivity index (χ1v) is 11.7. The van der Waals surface area contributed by atoms with Gasteiger partial charge in [-0.05, 0) is 31.2 Å². The Hall–Kier alpha value is -3.13. The maximum Gasteiger partial charge on any atom is 0.256 e. The van der Waals surface area contributed by atoms with E-state index in [-0.39, 0.29) is 30.9 Å². The topological polar surface area (TPSA) is 92.1 Å². The zero-order valence-corrected chi connectivity index (χ0v) is 20.3. The molecule has 0 radical (unpaired) electrons. The van der Waals surface area contributed by atoms with E-state index < -0.39 is 17.2 Å². The molecule has 3 heterocycles. The van der Waals surface area contributed by atoms with Crippen molar-refractivity contribution in [2.24, 2.45) is 5.41 Å². The van der Waals surface area contributed by atoms with Crippen LogP contribution in [0.1, 0.15) is 55.3 Å². The average molecular weight is 468 g/mol. The summed E-state index contributed by atoms with van der Waals surface area (Å²) in [5, 5.41) is 2.87. The molecule has 1 atom stereocenters. The Labute approximate surface area is 200 Å². The van der Waals surface area contributed by atoms with Gasteiger partial charge in [0.1, 0.15) is 17.5 Å². The minimum absolute atomic E-state index is 0.0736. The van der Waals surface area contributed by atoms with E-state index in [0.29, 0.717) is 37.3 Å². The van der Waals surface area contributed by atoms with Crippen LogP contribution in [0.2, 0.25) is 0 Å². The Morgan fingerprint density at radius 2 is 1.76 bits per heavy atom. The van der Waals surface area contributed by atoms with Gasteiger partial charge in [-0.1, -0.05) is 38.5 Å². The van der Waals surface area contributed by atoms with Gasteiger partial charge in [-0.3, -0.25) is 19.3 Å². The minimum atomic E-state index is -0.927. The van der Waals surface area contributed by atoms with Crippen LogP contribution in [0.25, 0.3) is 0 Å². The maximum atomic E-state index is 13.7. The van der Waals surface area contributed by atoms with E-state index in [1.807, 2.05) is 44.7 Å². The van der Waals surface area contributed by atoms with Gasteiger partial charge in [-0.2, -0.15) is 0 Å². The summed E-state index contributed by atoms with van der Waals surface area (Å²) in [6, 6.07) is 10.1. The van der Waals surface area contributed by atoms with Crippen LogP contribution in [0.15, 0.2) is 47.1 Å². The van der Waals surface area contributed by atoms with Crippen LogP contribution in [0.5, 0.6) is 0 Å². The van der Waals surface area contributed by atoms with Gasteiger partial charge >= 0.3 is 0 Å². The summed E-state index contributed by atoms with van der Waals surface area (Å²) in [5.74, 6) is 0.171. The molecule has 0 aliphatic carbocycles. The molecule has 0 unspecified atom stereocenters. The molecule has 0 saturated carbocycles. The number of nitrogens with one attached hydrogen (secondary N) is 1. The van der Waals surface area contributed by atoms with E-state index in [1.54, 1.807) is 35.4 Å². The van der Waals surface area contributed by atoms with Crippen molar-refractivity contribution in [1.29, 1.82) is 0 Å². The quantitative estimate of drug-likeness (QED) is 0.746. The van der Waals surface area contributed by atoms with Crippen molar-refractivity contribution in [3.05, 3.63) is 59.5 Å². The van der Waals surface area contributed by atoms with Gasteiger partial charge in [-0.15, -0.1) is 0 Å². The normalized spacial score (nSPS) is 19.9. The highest BCUT2D eigenvalue weighted by atomic mass is 16.5. The fourth-order valence-corrected chi connectivity index (χ4v) is 4.64. The maximum absolute atomic E-state index is 13.7. The highest BCUT2D eigenvalue weighted by Gasteiger charge is 2.54. The molecule has 2 saturated heterocycles. The molecule has 4 rings (SSSR count). The lowest BCUT2D eigenvalue weighted by Crippen LogP contribution is -2.60. The molecular formula is C26H33N3O5. The second kappa shape index (κ2) is 9.25. The van der Waals surface area contributed by atoms with Gasteiger partial charge < -0.3 is 19.4 Å². The van der Waals surface area contributed by atoms with Crippen LogP contribution in [0.3, 0.4) is 0 Å². The van der Waals surface area contributed by atoms with Crippen molar-refractivity contribution in [2.45, 2.75) is 58.8 Å². The van der Waals surface area contributed by atoms with Gasteiger partial charge in [0, 0.05) is 36.9 Å². The number of hydrogen-bond acceptors (Lipinski definition) is 5. The number of piperidine rings is 1. The molecule has 8 heteroatoms. The highest BCUT2D eigenvalue weighted by molar-refractivity contribution is 5.98. The lowest BCUT2D eigenvalue weighted by Gasteiger charge is -2.45. The van der Waals surface area contributed by atoms with Crippen molar-refractivity contribution >= 4 is 17.7 Å². The molecule has 1 N–H and O–H groups in total. The first-order valence-electron chi connectivity index (χ1n) is 11.7. The van der Waals surface area contributed by atoms with Gasteiger partial charge in [-0.25, -0.2) is 0 Å². The Kier molecular flexibility index (Phi) is 6.53. The number of likely N-dealkylation sites (tertiary alicyclic amines) is 1. The van der Waals surface area contributed by atoms with Crippen molar-refractivity contribution in [3.8, 4) is 0 Å². The predicted octanol–water partition coefficient (Wildman–Crippen LogP) is 3.11. The van der Waals surface area contributed by atoms with Crippen LogP contribution < -0.4 is 5.32 Å².